The van der Waals surface area contributed by atoms with E-state index in [0.717, 1.165) is 33.5 Å². The van der Waals surface area contributed by atoms with Crippen LogP contribution in [0.15, 0.2) is 94.4 Å². The highest BCUT2D eigenvalue weighted by Crippen LogP contribution is 2.47. The van der Waals surface area contributed by atoms with Gasteiger partial charge in [-0.15, -0.1) is 0 Å². The molecule has 8 heteroatoms. The Morgan fingerprint density at radius 3 is 2.31 bits per heavy atom. The molecular formula is C34H35BrN4O3. The van der Waals surface area contributed by atoms with Crippen molar-refractivity contribution in [1.29, 1.82) is 0 Å². The molecule has 4 aromatic carbocycles. The number of benzene rings is 4. The maximum Gasteiger partial charge on any atom is 0.294 e. The van der Waals surface area contributed by atoms with Gasteiger partial charge in [-0.05, 0) is 70.6 Å². The number of halogens is 1. The maximum atomic E-state index is 12.8. The van der Waals surface area contributed by atoms with E-state index in [9.17, 15) is 9.90 Å². The van der Waals surface area contributed by atoms with Crippen molar-refractivity contribution in [2.75, 3.05) is 17.2 Å². The number of aliphatic imine (C=N–C) groups is 1. The van der Waals surface area contributed by atoms with E-state index in [2.05, 4.69) is 31.6 Å². The molecule has 7 nitrogen and oxygen atoms in total. The van der Waals surface area contributed by atoms with E-state index in [0.29, 0.717) is 61.0 Å². The standard InChI is InChI=1S/C34H35BrN4O3/c1-3-39(21-26-12-8-5-9-13-26)29(40)19-16-24-14-17-27(18-15-24)37-34-38-32-28(22-42-34)23(2)31(33(41)30(32)35)36-20-25-10-6-4-7-11-25/h4-15,17-18,36,41H,3,16,19-22H2,1-2H3,(H,37,38). The van der Waals surface area contributed by atoms with Gasteiger partial charge in [-0.1, -0.05) is 72.8 Å². The summed E-state index contributed by atoms with van der Waals surface area (Å²) in [7, 11) is 0. The molecule has 0 aliphatic carbocycles. The summed E-state index contributed by atoms with van der Waals surface area (Å²) in [6.45, 7) is 6.19. The molecule has 1 heterocycles. The molecule has 216 valence electrons. The first kappa shape index (κ1) is 29.2. The molecule has 3 N–H and O–H groups in total. The number of nitrogens with one attached hydrogen (secondary N) is 2. The highest BCUT2D eigenvalue weighted by molar-refractivity contribution is 9.10. The molecule has 1 aliphatic heterocycles. The Balaban J connectivity index is 1.20. The third-order valence-electron chi connectivity index (χ3n) is 7.43. The number of rotatable bonds is 10. The number of carbonyl (C=O) groups excluding carboxylic acids is 1. The zero-order valence-corrected chi connectivity index (χ0v) is 25.4. The maximum absolute atomic E-state index is 12.8. The fourth-order valence-corrected chi connectivity index (χ4v) is 5.49. The van der Waals surface area contributed by atoms with E-state index in [4.69, 9.17) is 4.74 Å². The van der Waals surface area contributed by atoms with Crippen LogP contribution in [0.2, 0.25) is 0 Å². The Kier molecular flexibility index (Phi) is 9.44. The van der Waals surface area contributed by atoms with Crippen molar-refractivity contribution in [3.8, 4) is 5.75 Å². The van der Waals surface area contributed by atoms with Gasteiger partial charge in [-0.3, -0.25) is 4.79 Å². The molecule has 0 aromatic heterocycles. The number of carbonyl (C=O) groups is 1. The van der Waals surface area contributed by atoms with E-state index in [1.165, 1.54) is 0 Å². The number of hydrogen-bond donors (Lipinski definition) is 3. The lowest BCUT2D eigenvalue weighted by Crippen LogP contribution is -2.30. The van der Waals surface area contributed by atoms with Crippen LogP contribution in [0.3, 0.4) is 0 Å². The third kappa shape index (κ3) is 6.94. The molecule has 4 aromatic rings. The van der Waals surface area contributed by atoms with Crippen molar-refractivity contribution < 1.29 is 14.6 Å². The summed E-state index contributed by atoms with van der Waals surface area (Å²) in [5, 5.41) is 17.6. The second-order valence-electron chi connectivity index (χ2n) is 10.2. The predicted molar refractivity (Wildman–Crippen MR) is 172 cm³/mol. The van der Waals surface area contributed by atoms with Gasteiger partial charge in [0.15, 0.2) is 5.75 Å². The van der Waals surface area contributed by atoms with Gasteiger partial charge in [0.25, 0.3) is 6.02 Å². The molecule has 0 radical (unpaired) electrons. The molecule has 0 bridgehead atoms. The Morgan fingerprint density at radius 2 is 1.64 bits per heavy atom. The van der Waals surface area contributed by atoms with Crippen LogP contribution in [0.25, 0.3) is 0 Å². The van der Waals surface area contributed by atoms with E-state index >= 15 is 0 Å². The number of fused-ring (bicyclic) bond motifs is 1. The summed E-state index contributed by atoms with van der Waals surface area (Å²) in [5.74, 6) is 0.270. The summed E-state index contributed by atoms with van der Waals surface area (Å²) in [6.07, 6.45) is 1.13. The Hall–Kier alpha value is -4.30. The van der Waals surface area contributed by atoms with Crippen LogP contribution in [0, 0.1) is 6.92 Å². The van der Waals surface area contributed by atoms with Crippen molar-refractivity contribution in [2.24, 2.45) is 4.99 Å². The number of aromatic hydroxyl groups is 1. The minimum Gasteiger partial charge on any atom is -0.505 e. The predicted octanol–water partition coefficient (Wildman–Crippen LogP) is 7.69. The van der Waals surface area contributed by atoms with Crippen LogP contribution in [0.4, 0.5) is 17.1 Å². The highest BCUT2D eigenvalue weighted by Gasteiger charge is 2.24. The Labute approximate surface area is 255 Å². The summed E-state index contributed by atoms with van der Waals surface area (Å²) in [6, 6.07) is 28.4. The summed E-state index contributed by atoms with van der Waals surface area (Å²) in [5.41, 5.74) is 7.28. The SMILES string of the molecule is CCN(Cc1ccccc1)C(=O)CCc1ccc(NC2=Nc3c(Br)c(O)c(NCc4ccccc4)c(C)c3CO2)cc1. The number of aryl methyl sites for hydroxylation is 1. The molecule has 0 fully saturated rings. The van der Waals surface area contributed by atoms with Crippen LogP contribution >= 0.6 is 15.9 Å². The number of nitrogens with zero attached hydrogens (tertiary/aromatic N) is 2. The van der Waals surface area contributed by atoms with Crippen molar-refractivity contribution >= 4 is 44.9 Å². The van der Waals surface area contributed by atoms with Crippen molar-refractivity contribution in [3.63, 3.8) is 0 Å². The molecule has 1 aliphatic rings. The topological polar surface area (TPSA) is 86.2 Å². The molecule has 0 spiro atoms. The third-order valence-corrected chi connectivity index (χ3v) is 8.18. The van der Waals surface area contributed by atoms with Gasteiger partial charge in [0.1, 0.15) is 6.61 Å². The molecule has 0 atom stereocenters. The minimum absolute atomic E-state index is 0.122. The molecule has 42 heavy (non-hydrogen) atoms. The number of anilines is 2. The normalized spacial score (nSPS) is 12.1. The van der Waals surface area contributed by atoms with Crippen LogP contribution in [-0.2, 0) is 35.6 Å². The first-order valence-corrected chi connectivity index (χ1v) is 14.9. The molecule has 5 rings (SSSR count). The quantitative estimate of drug-likeness (QED) is 0.157. The second kappa shape index (κ2) is 13.6. The average Bonchev–Trinajstić information content (AvgIpc) is 3.03. The van der Waals surface area contributed by atoms with Gasteiger partial charge in [-0.2, -0.15) is 4.99 Å². The number of amidine groups is 1. The summed E-state index contributed by atoms with van der Waals surface area (Å²) in [4.78, 5) is 19.4. The fourth-order valence-electron chi connectivity index (χ4n) is 4.96. The van der Waals surface area contributed by atoms with Gasteiger partial charge in [0.05, 0.1) is 15.8 Å². The zero-order valence-electron chi connectivity index (χ0n) is 23.9. The van der Waals surface area contributed by atoms with E-state index in [-0.39, 0.29) is 11.7 Å². The Morgan fingerprint density at radius 1 is 0.976 bits per heavy atom. The van der Waals surface area contributed by atoms with Crippen LogP contribution in [-0.4, -0.2) is 28.5 Å². The lowest BCUT2D eigenvalue weighted by Gasteiger charge is -2.24. The van der Waals surface area contributed by atoms with Gasteiger partial charge in [0, 0.05) is 37.3 Å². The van der Waals surface area contributed by atoms with Crippen LogP contribution in [0.1, 0.15) is 41.2 Å². The van der Waals surface area contributed by atoms with Crippen LogP contribution < -0.4 is 10.6 Å². The van der Waals surface area contributed by atoms with Crippen molar-refractivity contribution in [2.45, 2.75) is 46.4 Å². The molecular weight excluding hydrogens is 592 g/mol. The number of phenolic OH excluding ortho intramolecular Hbond substituents is 1. The second-order valence-corrected chi connectivity index (χ2v) is 11.0. The molecule has 0 saturated carbocycles. The van der Waals surface area contributed by atoms with Crippen molar-refractivity contribution in [1.82, 2.24) is 4.90 Å². The first-order chi connectivity index (χ1) is 20.4. The van der Waals surface area contributed by atoms with Gasteiger partial charge in [0.2, 0.25) is 5.91 Å². The van der Waals surface area contributed by atoms with E-state index < -0.39 is 0 Å². The number of hydrogen-bond acceptors (Lipinski definition) is 6. The summed E-state index contributed by atoms with van der Waals surface area (Å²) >= 11 is 3.55. The minimum atomic E-state index is 0.122. The molecule has 0 saturated heterocycles. The number of ether oxygens (including phenoxy) is 1. The van der Waals surface area contributed by atoms with Gasteiger partial charge >= 0.3 is 0 Å². The summed E-state index contributed by atoms with van der Waals surface area (Å²) < 4.78 is 6.48. The fraction of sp³-hybridized carbons (Fsp3) is 0.235. The highest BCUT2D eigenvalue weighted by atomic mass is 79.9. The smallest absolute Gasteiger partial charge is 0.294 e. The van der Waals surface area contributed by atoms with E-state index in [1.807, 2.05) is 104 Å². The molecule has 0 unspecified atom stereocenters. The monoisotopic (exact) mass is 626 g/mol. The lowest BCUT2D eigenvalue weighted by atomic mass is 10.0. The zero-order chi connectivity index (χ0) is 29.5. The van der Waals surface area contributed by atoms with Gasteiger partial charge in [-0.25, -0.2) is 0 Å². The first-order valence-electron chi connectivity index (χ1n) is 14.1. The average molecular weight is 628 g/mol. The lowest BCUT2D eigenvalue weighted by molar-refractivity contribution is -0.131. The largest absolute Gasteiger partial charge is 0.505 e. The number of phenols is 1. The van der Waals surface area contributed by atoms with Crippen molar-refractivity contribution in [3.05, 3.63) is 117 Å². The Bertz CT molecular complexity index is 1560. The van der Waals surface area contributed by atoms with E-state index in [1.54, 1.807) is 0 Å². The molecule has 1 amide bonds. The van der Waals surface area contributed by atoms with Gasteiger partial charge < -0.3 is 25.4 Å². The number of amides is 1. The van der Waals surface area contributed by atoms with Crippen LogP contribution in [0.5, 0.6) is 5.75 Å².